The van der Waals surface area contributed by atoms with Gasteiger partial charge in [0.05, 0.1) is 0 Å². The van der Waals surface area contributed by atoms with Crippen LogP contribution in [0.15, 0.2) is 0 Å². The van der Waals surface area contributed by atoms with E-state index in [9.17, 15) is 0 Å². The van der Waals surface area contributed by atoms with Crippen LogP contribution in [0.4, 0.5) is 0 Å². The van der Waals surface area contributed by atoms with Crippen LogP contribution in [0.2, 0.25) is 0 Å². The SMILES string of the molecule is C#CC12C3C4C1C1C2C3C41N. The molecule has 2 N–H and O–H groups in total. The molecule has 0 atom stereocenters. The molecule has 0 aromatic carbocycles. The second kappa shape index (κ2) is 0.742. The van der Waals surface area contributed by atoms with Crippen molar-refractivity contribution in [3.63, 3.8) is 0 Å². The van der Waals surface area contributed by atoms with Crippen molar-refractivity contribution in [2.75, 3.05) is 0 Å². The van der Waals surface area contributed by atoms with Gasteiger partial charge in [0.25, 0.3) is 0 Å². The van der Waals surface area contributed by atoms with Gasteiger partial charge in [0.15, 0.2) is 0 Å². The van der Waals surface area contributed by atoms with Gasteiger partial charge in [-0.3, -0.25) is 0 Å². The Hall–Kier alpha value is -0.480. The van der Waals surface area contributed by atoms with Gasteiger partial charge in [-0.2, -0.15) is 0 Å². The third-order valence-corrected chi connectivity index (χ3v) is 5.96. The minimum atomic E-state index is 0.346. The van der Waals surface area contributed by atoms with E-state index in [1.165, 1.54) is 0 Å². The summed E-state index contributed by atoms with van der Waals surface area (Å²) < 4.78 is 0. The smallest absolute Gasteiger partial charge is 0.0417 e. The first-order valence-electron chi connectivity index (χ1n) is 4.56. The van der Waals surface area contributed by atoms with Crippen molar-refractivity contribution in [1.82, 2.24) is 0 Å². The minimum Gasteiger partial charge on any atom is -0.324 e. The Labute approximate surface area is 65.3 Å². The Balaban J connectivity index is 1.82. The minimum absolute atomic E-state index is 0.346. The highest BCUT2D eigenvalue weighted by atomic mass is 15.2. The van der Waals surface area contributed by atoms with Crippen molar-refractivity contribution >= 4 is 0 Å². The van der Waals surface area contributed by atoms with Gasteiger partial charge in [0, 0.05) is 11.0 Å². The van der Waals surface area contributed by atoms with Gasteiger partial charge in [-0.15, -0.1) is 6.42 Å². The zero-order chi connectivity index (χ0) is 7.17. The van der Waals surface area contributed by atoms with E-state index in [4.69, 9.17) is 12.2 Å². The average molecular weight is 143 g/mol. The van der Waals surface area contributed by atoms with Crippen LogP contribution in [0.25, 0.3) is 0 Å². The molecule has 11 heavy (non-hydrogen) atoms. The molecule has 0 spiro atoms. The second-order valence-corrected chi connectivity index (χ2v) is 5.23. The van der Waals surface area contributed by atoms with Crippen molar-refractivity contribution in [2.24, 2.45) is 46.7 Å². The molecule has 6 fully saturated rings. The lowest BCUT2D eigenvalue weighted by Gasteiger charge is -3.09. The molecule has 1 heteroatoms. The summed E-state index contributed by atoms with van der Waals surface area (Å²) in [5.41, 5.74) is 7.01. The van der Waals surface area contributed by atoms with Crippen molar-refractivity contribution < 1.29 is 0 Å². The molecular weight excluding hydrogens is 134 g/mol. The molecule has 6 aliphatic rings. The molecule has 0 amide bonds. The fourth-order valence-electron chi connectivity index (χ4n) is 5.90. The Bertz CT molecular complexity index is 308. The molecular formula is C10H9N. The van der Waals surface area contributed by atoms with Crippen LogP contribution in [0.5, 0.6) is 0 Å². The number of hydrogen-bond donors (Lipinski definition) is 1. The number of hydrogen-bond acceptors (Lipinski definition) is 1. The maximum absolute atomic E-state index is 6.23. The molecule has 0 unspecified atom stereocenters. The average Bonchev–Trinajstić information content (AvgIpc) is 2.06. The Kier molecular flexibility index (Phi) is 0.305. The summed E-state index contributed by atoms with van der Waals surface area (Å²) in [4.78, 5) is 0. The lowest BCUT2D eigenvalue weighted by atomic mass is 8.94. The van der Waals surface area contributed by atoms with Crippen LogP contribution in [0, 0.1) is 53.3 Å². The predicted molar refractivity (Wildman–Crippen MR) is 39.1 cm³/mol. The highest BCUT2D eigenvalue weighted by Gasteiger charge is 3.09. The Morgan fingerprint density at radius 1 is 1.00 bits per heavy atom. The highest BCUT2D eigenvalue weighted by molar-refractivity contribution is 5.62. The van der Waals surface area contributed by atoms with Crippen molar-refractivity contribution in [3.8, 4) is 12.3 Å². The number of rotatable bonds is 0. The van der Waals surface area contributed by atoms with Crippen LogP contribution >= 0.6 is 0 Å². The third kappa shape index (κ3) is 0.138. The van der Waals surface area contributed by atoms with Crippen molar-refractivity contribution in [3.05, 3.63) is 0 Å². The molecule has 1 nitrogen and oxygen atoms in total. The molecule has 6 rings (SSSR count). The Morgan fingerprint density at radius 2 is 1.45 bits per heavy atom. The first-order valence-corrected chi connectivity index (χ1v) is 4.56. The molecule has 0 aliphatic heterocycles. The standard InChI is InChI=1S/C10H9N/c1-2-9-3-6-4(9)8-5(9)7(3)10(6,8)11/h1,3-8H,11H2. The highest BCUT2D eigenvalue weighted by Crippen LogP contribution is 3.06. The molecule has 0 saturated heterocycles. The predicted octanol–water partition coefficient (Wildman–Crippen LogP) is 0.0687. The fourth-order valence-corrected chi connectivity index (χ4v) is 5.90. The van der Waals surface area contributed by atoms with E-state index in [1.807, 2.05) is 0 Å². The molecule has 6 aliphatic carbocycles. The van der Waals surface area contributed by atoms with E-state index in [-0.39, 0.29) is 0 Å². The van der Waals surface area contributed by atoms with Gasteiger partial charge < -0.3 is 5.73 Å². The van der Waals surface area contributed by atoms with Crippen LogP contribution < -0.4 is 5.73 Å². The van der Waals surface area contributed by atoms with Crippen LogP contribution in [0.1, 0.15) is 0 Å². The van der Waals surface area contributed by atoms with Crippen LogP contribution in [-0.4, -0.2) is 5.54 Å². The summed E-state index contributed by atoms with van der Waals surface area (Å²) >= 11 is 0. The Morgan fingerprint density at radius 3 is 1.82 bits per heavy atom. The zero-order valence-electron chi connectivity index (χ0n) is 6.12. The van der Waals surface area contributed by atoms with Crippen molar-refractivity contribution in [1.29, 1.82) is 0 Å². The van der Waals surface area contributed by atoms with Gasteiger partial charge in [0.2, 0.25) is 0 Å². The quantitative estimate of drug-likeness (QED) is 0.477. The molecule has 0 bridgehead atoms. The van der Waals surface area contributed by atoms with Gasteiger partial charge in [0.1, 0.15) is 0 Å². The van der Waals surface area contributed by atoms with E-state index in [0.29, 0.717) is 11.0 Å². The molecule has 0 heterocycles. The molecule has 0 radical (unpaired) electrons. The maximum atomic E-state index is 6.23. The van der Waals surface area contributed by atoms with Gasteiger partial charge in [-0.1, -0.05) is 5.92 Å². The monoisotopic (exact) mass is 143 g/mol. The molecule has 0 aromatic heterocycles. The van der Waals surface area contributed by atoms with Gasteiger partial charge in [-0.25, -0.2) is 0 Å². The van der Waals surface area contributed by atoms with Gasteiger partial charge >= 0.3 is 0 Å². The number of nitrogens with two attached hydrogens (primary N) is 1. The van der Waals surface area contributed by atoms with Crippen molar-refractivity contribution in [2.45, 2.75) is 5.54 Å². The first kappa shape index (κ1) is 4.52. The number of terminal acetylenes is 1. The molecule has 6 saturated carbocycles. The van der Waals surface area contributed by atoms with E-state index < -0.39 is 0 Å². The second-order valence-electron chi connectivity index (χ2n) is 5.23. The topological polar surface area (TPSA) is 26.0 Å². The van der Waals surface area contributed by atoms with E-state index in [0.717, 1.165) is 35.5 Å². The fraction of sp³-hybridized carbons (Fsp3) is 0.800. The summed E-state index contributed by atoms with van der Waals surface area (Å²) in [6, 6.07) is 0. The summed E-state index contributed by atoms with van der Waals surface area (Å²) in [6.07, 6.45) is 5.58. The summed E-state index contributed by atoms with van der Waals surface area (Å²) in [7, 11) is 0. The van der Waals surface area contributed by atoms with Crippen LogP contribution in [0.3, 0.4) is 0 Å². The summed E-state index contributed by atoms with van der Waals surface area (Å²) in [6.45, 7) is 0. The lowest BCUT2D eigenvalue weighted by molar-refractivity contribution is -0.601. The maximum Gasteiger partial charge on any atom is 0.0417 e. The lowest BCUT2D eigenvalue weighted by Crippen LogP contribution is -3.14. The van der Waals surface area contributed by atoms with E-state index in [1.54, 1.807) is 0 Å². The van der Waals surface area contributed by atoms with E-state index in [2.05, 4.69) is 5.92 Å². The van der Waals surface area contributed by atoms with Crippen LogP contribution in [-0.2, 0) is 0 Å². The van der Waals surface area contributed by atoms with Gasteiger partial charge in [-0.05, 0) is 35.5 Å². The largest absolute Gasteiger partial charge is 0.324 e. The van der Waals surface area contributed by atoms with E-state index >= 15 is 0 Å². The summed E-state index contributed by atoms with van der Waals surface area (Å²) in [5, 5.41) is 0. The molecule has 54 valence electrons. The first-order chi connectivity index (χ1) is 5.29. The molecule has 0 aromatic rings. The third-order valence-electron chi connectivity index (χ3n) is 5.96. The summed E-state index contributed by atoms with van der Waals surface area (Å²) in [5.74, 6) is 8.42. The zero-order valence-corrected chi connectivity index (χ0v) is 6.12. The normalized spacial score (nSPS) is 94.5.